The summed E-state index contributed by atoms with van der Waals surface area (Å²) in [6, 6.07) is 0. The van der Waals surface area contributed by atoms with E-state index in [1.807, 2.05) is 0 Å². The lowest BCUT2D eigenvalue weighted by atomic mass is 13.1. The van der Waals surface area contributed by atoms with E-state index in [4.69, 9.17) is 15.3 Å². The van der Waals surface area contributed by atoms with Crippen LogP contribution in [0.5, 0.6) is 0 Å². The molecule has 0 rings (SSSR count). The fourth-order valence-electron chi connectivity index (χ4n) is 0. The Morgan fingerprint density at radius 2 is 1.14 bits per heavy atom. The third kappa shape index (κ3) is 56.9. The van der Waals surface area contributed by atoms with Gasteiger partial charge in [0.25, 0.3) is 0 Å². The summed E-state index contributed by atoms with van der Waals surface area (Å²) in [5.74, 6) is 0. The summed E-state index contributed by atoms with van der Waals surface area (Å²) in [5, 5.41) is 14.8. The lowest BCUT2D eigenvalue weighted by Crippen LogP contribution is -1.74. The van der Waals surface area contributed by atoms with Crippen molar-refractivity contribution in [1.82, 2.24) is 12.3 Å². The summed E-state index contributed by atoms with van der Waals surface area (Å²) in [5.41, 5.74) is 0. The monoisotopic (exact) mass is 115 g/mol. The standard InChI is InChI=1S/NO3.2H3N.H2O/c2-1(3)4;;;/h;2*1H3;1H2/q-1;;;/p+1. The second-order valence-electron chi connectivity index (χ2n) is 0.224. The SMILES string of the molecule is O=[N+]([O-])[O-].[NH4+].[NH4+].[OH-]. The third-order valence-corrected chi connectivity index (χ3v) is 0. The highest BCUT2D eigenvalue weighted by atomic mass is 16.9. The lowest BCUT2D eigenvalue weighted by molar-refractivity contribution is -0.402. The van der Waals surface area contributed by atoms with Crippen molar-refractivity contribution in [3.05, 3.63) is 15.3 Å². The minimum atomic E-state index is -1.75. The van der Waals surface area contributed by atoms with Gasteiger partial charge in [-0.2, -0.15) is 0 Å². The van der Waals surface area contributed by atoms with Crippen LogP contribution in [-0.4, -0.2) is 10.6 Å². The zero-order valence-corrected chi connectivity index (χ0v) is 4.12. The molecule has 0 bridgehead atoms. The van der Waals surface area contributed by atoms with Gasteiger partial charge < -0.3 is 33.1 Å². The molecule has 0 saturated heterocycles. The first kappa shape index (κ1) is 36.3. The molecule has 0 aliphatic rings. The van der Waals surface area contributed by atoms with Crippen molar-refractivity contribution < 1.29 is 10.6 Å². The van der Waals surface area contributed by atoms with Gasteiger partial charge >= 0.3 is 0 Å². The number of rotatable bonds is 0. The molecule has 0 amide bonds. The molecule has 0 heterocycles. The lowest BCUT2D eigenvalue weighted by Gasteiger charge is -1.74. The molecular weight excluding hydrogens is 106 g/mol. The van der Waals surface area contributed by atoms with Crippen LogP contribution in [0.3, 0.4) is 0 Å². The van der Waals surface area contributed by atoms with Crippen LogP contribution in [-0.2, 0) is 0 Å². The Labute approximate surface area is 39.5 Å². The van der Waals surface area contributed by atoms with E-state index < -0.39 is 5.09 Å². The largest absolute Gasteiger partial charge is 0.870 e. The van der Waals surface area contributed by atoms with Crippen molar-refractivity contribution >= 4 is 0 Å². The highest BCUT2D eigenvalue weighted by Crippen LogP contribution is 1.44. The van der Waals surface area contributed by atoms with Crippen LogP contribution in [0.1, 0.15) is 0 Å². The quantitative estimate of drug-likeness (QED) is 0.342. The van der Waals surface area contributed by atoms with Crippen molar-refractivity contribution in [2.75, 3.05) is 0 Å². The zero-order chi connectivity index (χ0) is 3.58. The van der Waals surface area contributed by atoms with Gasteiger partial charge in [0.2, 0.25) is 0 Å². The van der Waals surface area contributed by atoms with E-state index in [2.05, 4.69) is 0 Å². The highest BCUT2D eigenvalue weighted by Gasteiger charge is 1.45. The Morgan fingerprint density at radius 3 is 1.14 bits per heavy atom. The Hall–Kier alpha value is -0.920. The summed E-state index contributed by atoms with van der Waals surface area (Å²) >= 11 is 0. The summed E-state index contributed by atoms with van der Waals surface area (Å²) < 4.78 is 0. The van der Waals surface area contributed by atoms with Gasteiger partial charge in [0, 0.05) is 0 Å². The molecule has 7 heteroatoms. The van der Waals surface area contributed by atoms with E-state index in [1.165, 1.54) is 0 Å². The average molecular weight is 115 g/mol. The molecule has 9 N–H and O–H groups in total. The molecular formula is H9N3O4. The van der Waals surface area contributed by atoms with Gasteiger partial charge in [0.05, 0.1) is 5.09 Å². The van der Waals surface area contributed by atoms with Crippen LogP contribution in [0.25, 0.3) is 0 Å². The Morgan fingerprint density at radius 1 is 1.14 bits per heavy atom. The van der Waals surface area contributed by atoms with Gasteiger partial charge in [-0.25, -0.2) is 0 Å². The van der Waals surface area contributed by atoms with Crippen molar-refractivity contribution in [2.45, 2.75) is 0 Å². The van der Waals surface area contributed by atoms with E-state index in [0.717, 1.165) is 0 Å². The van der Waals surface area contributed by atoms with E-state index in [0.29, 0.717) is 0 Å². The molecule has 7 nitrogen and oxygen atoms in total. The molecule has 0 aromatic carbocycles. The normalized spacial score (nSPS) is 3.43. The smallest absolute Gasteiger partial charge is 0.0689 e. The molecule has 0 fully saturated rings. The molecule has 0 aliphatic carbocycles. The number of nitrogens with zero attached hydrogens (tertiary/aromatic N) is 1. The average Bonchev–Trinajstić information content (AvgIpc) is 0.811. The predicted molar refractivity (Wildman–Crippen MR) is 24.3 cm³/mol. The van der Waals surface area contributed by atoms with Crippen LogP contribution in [0.15, 0.2) is 0 Å². The van der Waals surface area contributed by atoms with Crippen molar-refractivity contribution in [2.24, 2.45) is 0 Å². The van der Waals surface area contributed by atoms with Crippen LogP contribution < -0.4 is 12.3 Å². The first-order chi connectivity index (χ1) is 1.73. The van der Waals surface area contributed by atoms with Crippen molar-refractivity contribution in [1.29, 1.82) is 0 Å². The number of hydrogen-bond acceptors (Lipinski definition) is 4. The second-order valence-corrected chi connectivity index (χ2v) is 0.224. The molecule has 0 unspecified atom stereocenters. The first-order valence-electron chi connectivity index (χ1n) is 0.548. The summed E-state index contributed by atoms with van der Waals surface area (Å²) in [4.78, 5) is 8.25. The molecule has 0 aromatic heterocycles. The van der Waals surface area contributed by atoms with E-state index in [9.17, 15) is 0 Å². The van der Waals surface area contributed by atoms with Crippen LogP contribution in [0, 0.1) is 15.3 Å². The highest BCUT2D eigenvalue weighted by molar-refractivity contribution is 4.03. The predicted octanol–water partition coefficient (Wildman–Crippen LogP) is 0.336. The van der Waals surface area contributed by atoms with E-state index in [1.54, 1.807) is 0 Å². The summed E-state index contributed by atoms with van der Waals surface area (Å²) in [6.45, 7) is 0. The zero-order valence-electron chi connectivity index (χ0n) is 4.12. The van der Waals surface area contributed by atoms with Crippen LogP contribution >= 0.6 is 0 Å². The third-order valence-electron chi connectivity index (χ3n) is 0. The molecule has 7 heavy (non-hydrogen) atoms. The minimum absolute atomic E-state index is 0. The van der Waals surface area contributed by atoms with Gasteiger partial charge in [-0.05, 0) is 0 Å². The van der Waals surface area contributed by atoms with E-state index >= 15 is 0 Å². The molecule has 0 spiro atoms. The Balaban J connectivity index is -0.0000000150. The summed E-state index contributed by atoms with van der Waals surface area (Å²) in [7, 11) is 0. The first-order valence-corrected chi connectivity index (χ1v) is 0.548. The van der Waals surface area contributed by atoms with Gasteiger partial charge in [-0.15, -0.1) is 0 Å². The van der Waals surface area contributed by atoms with Crippen LogP contribution in [0.2, 0.25) is 0 Å². The molecule has 0 radical (unpaired) electrons. The van der Waals surface area contributed by atoms with Gasteiger partial charge in [0.1, 0.15) is 0 Å². The number of hydrogen-bond donors (Lipinski definition) is 2. The summed E-state index contributed by atoms with van der Waals surface area (Å²) in [6.07, 6.45) is 0. The van der Waals surface area contributed by atoms with Crippen molar-refractivity contribution in [3.8, 4) is 0 Å². The van der Waals surface area contributed by atoms with Crippen molar-refractivity contribution in [3.63, 3.8) is 0 Å². The molecule has 0 atom stereocenters. The maximum atomic E-state index is 8.25. The fraction of sp³-hybridized carbons (Fsp3) is 0. The topological polar surface area (TPSA) is 169 Å². The molecule has 48 valence electrons. The second kappa shape index (κ2) is 19.5. The number of quaternary nitrogens is 2. The molecule has 0 aromatic rings. The Bertz CT molecular complexity index is 29.9. The van der Waals surface area contributed by atoms with Crippen LogP contribution in [0.4, 0.5) is 0 Å². The maximum Gasteiger partial charge on any atom is 0.0689 e. The Kier molecular flexibility index (Phi) is 101. The van der Waals surface area contributed by atoms with Gasteiger partial charge in [0.15, 0.2) is 0 Å². The van der Waals surface area contributed by atoms with Gasteiger partial charge in [-0.3, -0.25) is 0 Å². The maximum absolute atomic E-state index is 8.25. The minimum Gasteiger partial charge on any atom is -0.870 e. The molecule has 0 aliphatic heterocycles. The van der Waals surface area contributed by atoms with Gasteiger partial charge in [-0.1, -0.05) is 0 Å². The van der Waals surface area contributed by atoms with E-state index in [-0.39, 0.29) is 17.8 Å². The molecule has 0 saturated carbocycles. The fourth-order valence-corrected chi connectivity index (χ4v) is 0.